The lowest BCUT2D eigenvalue weighted by Gasteiger charge is -2.30. The van der Waals surface area contributed by atoms with E-state index in [-0.39, 0.29) is 5.41 Å². The number of hydrogen-bond acceptors (Lipinski definition) is 0. The Balaban J connectivity index is 1.93. The summed E-state index contributed by atoms with van der Waals surface area (Å²) in [7, 11) is 0. The van der Waals surface area contributed by atoms with Crippen molar-refractivity contribution in [1.29, 1.82) is 0 Å². The number of hydrogen-bond donors (Lipinski definition) is 0. The van der Waals surface area contributed by atoms with Crippen molar-refractivity contribution in [3.05, 3.63) is 95.1 Å². The Kier molecular flexibility index (Phi) is 3.43. The molecule has 1 unspecified atom stereocenters. The van der Waals surface area contributed by atoms with E-state index in [1.165, 1.54) is 44.2 Å². The molecule has 128 valence electrons. The van der Waals surface area contributed by atoms with Crippen LogP contribution in [0.5, 0.6) is 0 Å². The molecule has 0 nitrogen and oxygen atoms in total. The molecule has 0 fully saturated rings. The number of aryl methyl sites for hydroxylation is 2. The quantitative estimate of drug-likeness (QED) is 0.387. The summed E-state index contributed by atoms with van der Waals surface area (Å²) in [6, 6.07) is 18.4. The smallest absolute Gasteiger partial charge is 0.0397 e. The second-order valence-electron chi connectivity index (χ2n) is 7.83. The lowest BCUT2D eigenvalue weighted by molar-refractivity contribution is 0.596. The zero-order valence-electron chi connectivity index (χ0n) is 15.5. The summed E-state index contributed by atoms with van der Waals surface area (Å²) in [5.74, 6) is 0. The summed E-state index contributed by atoms with van der Waals surface area (Å²) in [5.41, 5.74) is 8.62. The van der Waals surface area contributed by atoms with Crippen LogP contribution in [0.25, 0.3) is 21.9 Å². The molecule has 0 aromatic heterocycles. The fourth-order valence-electron chi connectivity index (χ4n) is 4.99. The second kappa shape index (κ2) is 5.71. The molecule has 5 rings (SSSR count). The van der Waals surface area contributed by atoms with Crippen molar-refractivity contribution in [2.45, 2.75) is 38.5 Å². The van der Waals surface area contributed by atoms with E-state index in [0.29, 0.717) is 0 Å². The molecule has 0 aliphatic heterocycles. The summed E-state index contributed by atoms with van der Waals surface area (Å²) < 4.78 is 0. The highest BCUT2D eigenvalue weighted by Gasteiger charge is 2.41. The Morgan fingerprint density at radius 1 is 0.808 bits per heavy atom. The molecule has 3 aromatic rings. The third-order valence-electron chi connectivity index (χ3n) is 6.20. The normalized spacial score (nSPS) is 23.3. The molecule has 0 bridgehead atoms. The molecule has 0 N–H and O–H groups in total. The molecular weight excluding hydrogens is 312 g/mol. The zero-order chi connectivity index (χ0) is 17.7. The molecule has 26 heavy (non-hydrogen) atoms. The van der Waals surface area contributed by atoms with Crippen LogP contribution in [0, 0.1) is 13.8 Å². The number of fused-ring (bicyclic) bond motifs is 7. The molecule has 0 saturated carbocycles. The predicted octanol–water partition coefficient (Wildman–Crippen LogP) is 7.02. The molecule has 0 heteroatoms. The third kappa shape index (κ3) is 2.08. The monoisotopic (exact) mass is 336 g/mol. The van der Waals surface area contributed by atoms with Crippen molar-refractivity contribution in [2.24, 2.45) is 0 Å². The highest BCUT2D eigenvalue weighted by Crippen LogP contribution is 2.55. The van der Waals surface area contributed by atoms with Crippen LogP contribution in [-0.4, -0.2) is 0 Å². The number of rotatable bonds is 0. The Morgan fingerprint density at radius 2 is 1.65 bits per heavy atom. The molecule has 0 saturated heterocycles. The van der Waals surface area contributed by atoms with E-state index in [9.17, 15) is 0 Å². The van der Waals surface area contributed by atoms with Gasteiger partial charge in [-0.1, -0.05) is 78.4 Å². The van der Waals surface area contributed by atoms with Gasteiger partial charge in [-0.25, -0.2) is 0 Å². The summed E-state index contributed by atoms with van der Waals surface area (Å²) in [5, 5.41) is 2.78. The van der Waals surface area contributed by atoms with Crippen molar-refractivity contribution >= 4 is 10.8 Å². The van der Waals surface area contributed by atoms with Gasteiger partial charge in [-0.15, -0.1) is 0 Å². The van der Waals surface area contributed by atoms with E-state index in [4.69, 9.17) is 0 Å². The highest BCUT2D eigenvalue weighted by molar-refractivity contribution is 6.04. The average molecular weight is 336 g/mol. The van der Waals surface area contributed by atoms with Gasteiger partial charge >= 0.3 is 0 Å². The van der Waals surface area contributed by atoms with Gasteiger partial charge in [0.25, 0.3) is 0 Å². The van der Waals surface area contributed by atoms with Crippen LogP contribution in [0.1, 0.15) is 41.5 Å². The van der Waals surface area contributed by atoms with Gasteiger partial charge in [0.05, 0.1) is 0 Å². The number of benzene rings is 3. The van der Waals surface area contributed by atoms with Crippen molar-refractivity contribution in [3.63, 3.8) is 0 Å². The lowest BCUT2D eigenvalue weighted by atomic mass is 9.72. The van der Waals surface area contributed by atoms with E-state index in [1.807, 2.05) is 0 Å². The first-order chi connectivity index (χ1) is 12.7. The summed E-state index contributed by atoms with van der Waals surface area (Å²) >= 11 is 0. The summed E-state index contributed by atoms with van der Waals surface area (Å²) in [6.07, 6.45) is 12.8. The fourth-order valence-corrected chi connectivity index (χ4v) is 4.99. The minimum atomic E-state index is 0.0102. The minimum absolute atomic E-state index is 0.0102. The van der Waals surface area contributed by atoms with Crippen molar-refractivity contribution in [2.75, 3.05) is 0 Å². The first-order valence-electron chi connectivity index (χ1n) is 9.68. The van der Waals surface area contributed by atoms with Crippen LogP contribution in [0.2, 0.25) is 0 Å². The molecule has 1 atom stereocenters. The first kappa shape index (κ1) is 15.6. The van der Waals surface area contributed by atoms with Crippen LogP contribution < -0.4 is 0 Å². The van der Waals surface area contributed by atoms with Crippen LogP contribution >= 0.6 is 0 Å². The molecule has 2 aliphatic rings. The van der Waals surface area contributed by atoms with E-state index in [1.54, 1.807) is 0 Å². The fraction of sp³-hybridized carbons (Fsp3) is 0.231. The summed E-state index contributed by atoms with van der Waals surface area (Å²) in [4.78, 5) is 0. The maximum Gasteiger partial charge on any atom is 0.0397 e. The Morgan fingerprint density at radius 3 is 2.54 bits per heavy atom. The zero-order valence-corrected chi connectivity index (χ0v) is 15.5. The topological polar surface area (TPSA) is 0 Å². The van der Waals surface area contributed by atoms with Gasteiger partial charge in [-0.2, -0.15) is 0 Å². The second-order valence-corrected chi connectivity index (χ2v) is 7.83. The molecular formula is C26H24. The van der Waals surface area contributed by atoms with Crippen molar-refractivity contribution < 1.29 is 0 Å². The van der Waals surface area contributed by atoms with E-state index in [2.05, 4.69) is 86.7 Å². The summed E-state index contributed by atoms with van der Waals surface area (Å²) in [6.45, 7) is 4.48. The van der Waals surface area contributed by atoms with E-state index < -0.39 is 0 Å². The van der Waals surface area contributed by atoms with Crippen molar-refractivity contribution in [1.82, 2.24) is 0 Å². The van der Waals surface area contributed by atoms with Gasteiger partial charge in [0, 0.05) is 5.41 Å². The maximum atomic E-state index is 2.49. The highest BCUT2D eigenvalue weighted by atomic mass is 14.4. The standard InChI is InChI=1S/C26H24/c1-18-12-13-22-23(16-18)26(14-8-4-3-5-9-15-26)24-17-19(2)20-10-6-7-11-21(20)25(22)24/h3-4,6-7,9-13,15-17H,5,8,14H2,1-2H3/b4-3-,15-9-. The van der Waals surface area contributed by atoms with Crippen LogP contribution in [0.4, 0.5) is 0 Å². The Hall–Kier alpha value is -2.60. The number of allylic oxidation sites excluding steroid dienone is 4. The van der Waals surface area contributed by atoms with Gasteiger partial charge in [-0.3, -0.25) is 0 Å². The minimum Gasteiger partial charge on any atom is -0.0882 e. The van der Waals surface area contributed by atoms with Crippen LogP contribution in [0.3, 0.4) is 0 Å². The van der Waals surface area contributed by atoms with Gasteiger partial charge < -0.3 is 0 Å². The lowest BCUT2D eigenvalue weighted by Crippen LogP contribution is -2.23. The van der Waals surface area contributed by atoms with Gasteiger partial charge in [0.2, 0.25) is 0 Å². The van der Waals surface area contributed by atoms with E-state index in [0.717, 1.165) is 19.3 Å². The predicted molar refractivity (Wildman–Crippen MR) is 112 cm³/mol. The molecule has 3 aromatic carbocycles. The Labute approximate surface area is 155 Å². The third-order valence-corrected chi connectivity index (χ3v) is 6.20. The van der Waals surface area contributed by atoms with E-state index >= 15 is 0 Å². The van der Waals surface area contributed by atoms with Gasteiger partial charge in [-0.05, 0) is 71.7 Å². The molecule has 1 spiro atoms. The van der Waals surface area contributed by atoms with Crippen LogP contribution in [-0.2, 0) is 5.41 Å². The maximum absolute atomic E-state index is 2.49. The Bertz CT molecular complexity index is 1080. The average Bonchev–Trinajstić information content (AvgIpc) is 2.88. The molecule has 0 amide bonds. The van der Waals surface area contributed by atoms with Crippen molar-refractivity contribution in [3.8, 4) is 11.1 Å². The first-order valence-corrected chi connectivity index (χ1v) is 9.68. The van der Waals surface area contributed by atoms with Gasteiger partial charge in [0.15, 0.2) is 0 Å². The van der Waals surface area contributed by atoms with Crippen LogP contribution in [0.15, 0.2) is 72.8 Å². The van der Waals surface area contributed by atoms with Gasteiger partial charge in [0.1, 0.15) is 0 Å². The molecule has 0 heterocycles. The molecule has 0 radical (unpaired) electrons. The molecule has 2 aliphatic carbocycles. The SMILES string of the molecule is Cc1ccc2c(c1)C1(/C=C\C/C=C\CC1)c1cc(C)c3ccccc3c1-2. The largest absolute Gasteiger partial charge is 0.0882 e.